The van der Waals surface area contributed by atoms with Crippen molar-refractivity contribution in [3.8, 4) is 0 Å². The molecule has 1 atom stereocenters. The summed E-state index contributed by atoms with van der Waals surface area (Å²) in [5, 5.41) is 3.87. The minimum Gasteiger partial charge on any atom is -0.462 e. The summed E-state index contributed by atoms with van der Waals surface area (Å²) in [5.41, 5.74) is 1.14. The lowest BCUT2D eigenvalue weighted by Gasteiger charge is -2.11. The Balaban J connectivity index is 2.19. The summed E-state index contributed by atoms with van der Waals surface area (Å²) >= 11 is 1.23. The number of ether oxygens (including phenoxy) is 1. The van der Waals surface area contributed by atoms with Crippen LogP contribution in [0.5, 0.6) is 0 Å². The van der Waals surface area contributed by atoms with Crippen LogP contribution < -0.4 is 5.32 Å². The SMILES string of the molecule is CCOC(=O)c1c(C)nsc1NC(C)c1ncc(C)o1. The highest BCUT2D eigenvalue weighted by Crippen LogP contribution is 2.29. The first-order valence-electron chi connectivity index (χ1n) is 6.35. The van der Waals surface area contributed by atoms with Gasteiger partial charge in [0.1, 0.15) is 22.4 Å². The van der Waals surface area contributed by atoms with Crippen LogP contribution >= 0.6 is 11.5 Å². The molecule has 1 N–H and O–H groups in total. The normalized spacial score (nSPS) is 12.2. The van der Waals surface area contributed by atoms with Crippen molar-refractivity contribution in [3.05, 3.63) is 29.1 Å². The number of esters is 1. The second-order valence-electron chi connectivity index (χ2n) is 4.37. The van der Waals surface area contributed by atoms with Crippen molar-refractivity contribution < 1.29 is 13.9 Å². The van der Waals surface area contributed by atoms with Crippen molar-refractivity contribution in [1.29, 1.82) is 0 Å². The molecule has 2 rings (SSSR count). The van der Waals surface area contributed by atoms with Crippen LogP contribution in [0.15, 0.2) is 10.6 Å². The summed E-state index contributed by atoms with van der Waals surface area (Å²) < 4.78 is 14.7. The molecule has 6 nitrogen and oxygen atoms in total. The van der Waals surface area contributed by atoms with E-state index >= 15 is 0 Å². The standard InChI is InChI=1S/C13H17N3O3S/c1-5-18-13(17)10-8(3)16-20-12(10)15-9(4)11-14-6-7(2)19-11/h6,9,15H,5H2,1-4H3. The van der Waals surface area contributed by atoms with Crippen molar-refractivity contribution in [2.24, 2.45) is 0 Å². The number of anilines is 1. The van der Waals surface area contributed by atoms with Crippen molar-refractivity contribution in [2.75, 3.05) is 11.9 Å². The molecule has 2 aromatic heterocycles. The molecule has 1 unspecified atom stereocenters. The third kappa shape index (κ3) is 2.98. The van der Waals surface area contributed by atoms with Gasteiger partial charge >= 0.3 is 5.97 Å². The van der Waals surface area contributed by atoms with Crippen molar-refractivity contribution in [3.63, 3.8) is 0 Å². The summed E-state index contributed by atoms with van der Waals surface area (Å²) in [6.45, 7) is 7.65. The lowest BCUT2D eigenvalue weighted by atomic mass is 10.2. The molecule has 0 spiro atoms. The van der Waals surface area contributed by atoms with Gasteiger partial charge in [-0.25, -0.2) is 9.78 Å². The second-order valence-corrected chi connectivity index (χ2v) is 5.14. The van der Waals surface area contributed by atoms with Gasteiger partial charge in [-0.15, -0.1) is 0 Å². The Morgan fingerprint density at radius 1 is 1.55 bits per heavy atom. The molecule has 0 bridgehead atoms. The van der Waals surface area contributed by atoms with Gasteiger partial charge in [-0.2, -0.15) is 4.37 Å². The Morgan fingerprint density at radius 3 is 2.90 bits per heavy atom. The maximum Gasteiger partial charge on any atom is 0.343 e. The quantitative estimate of drug-likeness (QED) is 0.854. The van der Waals surface area contributed by atoms with Gasteiger partial charge in [0.2, 0.25) is 5.89 Å². The summed E-state index contributed by atoms with van der Waals surface area (Å²) in [7, 11) is 0. The summed E-state index contributed by atoms with van der Waals surface area (Å²) in [6.07, 6.45) is 1.66. The van der Waals surface area contributed by atoms with Crippen LogP contribution in [0.2, 0.25) is 0 Å². The number of hydrogen-bond donors (Lipinski definition) is 1. The third-order valence-corrected chi connectivity index (χ3v) is 3.57. The molecule has 2 aromatic rings. The van der Waals surface area contributed by atoms with E-state index in [2.05, 4.69) is 14.7 Å². The van der Waals surface area contributed by atoms with Gasteiger partial charge in [-0.05, 0) is 39.2 Å². The molecule has 2 heterocycles. The van der Waals surface area contributed by atoms with Gasteiger partial charge < -0.3 is 14.5 Å². The molecule has 0 aliphatic heterocycles. The van der Waals surface area contributed by atoms with Crippen molar-refractivity contribution >= 4 is 22.5 Å². The topological polar surface area (TPSA) is 77.2 Å². The molecule has 0 fully saturated rings. The highest BCUT2D eigenvalue weighted by Gasteiger charge is 2.22. The minimum absolute atomic E-state index is 0.156. The molecule has 0 saturated carbocycles. The average molecular weight is 295 g/mol. The zero-order valence-corrected chi connectivity index (χ0v) is 12.7. The van der Waals surface area contributed by atoms with E-state index in [1.54, 1.807) is 20.0 Å². The molecule has 108 valence electrons. The first-order valence-corrected chi connectivity index (χ1v) is 7.12. The van der Waals surface area contributed by atoms with E-state index in [1.165, 1.54) is 11.5 Å². The molecule has 0 aliphatic rings. The monoisotopic (exact) mass is 295 g/mol. The number of nitrogens with one attached hydrogen (secondary N) is 1. The molecule has 0 aliphatic carbocycles. The smallest absolute Gasteiger partial charge is 0.343 e. The number of aromatic nitrogens is 2. The Bertz CT molecular complexity index is 606. The maximum absolute atomic E-state index is 11.9. The van der Waals surface area contributed by atoms with E-state index in [-0.39, 0.29) is 12.0 Å². The van der Waals surface area contributed by atoms with Crippen LogP contribution in [-0.4, -0.2) is 21.9 Å². The number of carbonyl (C=O) groups excluding carboxylic acids is 1. The predicted octanol–water partition coefficient (Wildman–Crippen LogP) is 3.10. The molecular formula is C13H17N3O3S. The number of aryl methyl sites for hydroxylation is 2. The molecule has 20 heavy (non-hydrogen) atoms. The molecule has 0 radical (unpaired) electrons. The van der Waals surface area contributed by atoms with Gasteiger partial charge in [0.15, 0.2) is 0 Å². The van der Waals surface area contributed by atoms with Crippen LogP contribution in [0.25, 0.3) is 0 Å². The first-order chi connectivity index (χ1) is 9.52. The van der Waals surface area contributed by atoms with E-state index in [0.29, 0.717) is 28.8 Å². The summed E-state index contributed by atoms with van der Waals surface area (Å²) in [5.74, 6) is 0.958. The third-order valence-electron chi connectivity index (χ3n) is 2.70. The van der Waals surface area contributed by atoms with Crippen LogP contribution in [0.4, 0.5) is 5.00 Å². The Morgan fingerprint density at radius 2 is 2.30 bits per heavy atom. The lowest BCUT2D eigenvalue weighted by Crippen LogP contribution is -2.11. The number of nitrogens with zero attached hydrogens (tertiary/aromatic N) is 2. The van der Waals surface area contributed by atoms with E-state index in [4.69, 9.17) is 9.15 Å². The molecule has 0 aromatic carbocycles. The van der Waals surface area contributed by atoms with Crippen LogP contribution in [0, 0.1) is 13.8 Å². The highest BCUT2D eigenvalue weighted by atomic mass is 32.1. The zero-order valence-electron chi connectivity index (χ0n) is 11.9. The van der Waals surface area contributed by atoms with Gasteiger partial charge in [-0.1, -0.05) is 0 Å². The summed E-state index contributed by atoms with van der Waals surface area (Å²) in [4.78, 5) is 16.1. The van der Waals surface area contributed by atoms with Crippen LogP contribution in [-0.2, 0) is 4.74 Å². The van der Waals surface area contributed by atoms with Crippen molar-refractivity contribution in [1.82, 2.24) is 9.36 Å². The molecule has 0 amide bonds. The Labute approximate surface area is 121 Å². The molecular weight excluding hydrogens is 278 g/mol. The van der Waals surface area contributed by atoms with Crippen molar-refractivity contribution in [2.45, 2.75) is 33.7 Å². The number of rotatable bonds is 5. The number of oxazole rings is 1. The zero-order chi connectivity index (χ0) is 14.7. The first kappa shape index (κ1) is 14.5. The van der Waals surface area contributed by atoms with E-state index in [1.807, 2.05) is 13.8 Å². The fourth-order valence-corrected chi connectivity index (χ4v) is 2.61. The molecule has 0 saturated heterocycles. The van der Waals surface area contributed by atoms with Gasteiger partial charge in [0.05, 0.1) is 18.5 Å². The molecule has 7 heteroatoms. The predicted molar refractivity (Wildman–Crippen MR) is 76.1 cm³/mol. The minimum atomic E-state index is -0.364. The highest BCUT2D eigenvalue weighted by molar-refractivity contribution is 7.10. The van der Waals surface area contributed by atoms with Gasteiger partial charge in [0.25, 0.3) is 0 Å². The van der Waals surface area contributed by atoms with E-state index in [9.17, 15) is 4.79 Å². The number of hydrogen-bond acceptors (Lipinski definition) is 7. The van der Waals surface area contributed by atoms with Crippen LogP contribution in [0.1, 0.15) is 47.6 Å². The lowest BCUT2D eigenvalue weighted by molar-refractivity contribution is 0.0527. The Hall–Kier alpha value is -1.89. The average Bonchev–Trinajstić information content (AvgIpc) is 2.96. The second kappa shape index (κ2) is 6.04. The number of carbonyl (C=O) groups is 1. The fourth-order valence-electron chi connectivity index (χ4n) is 1.74. The van der Waals surface area contributed by atoms with Crippen LogP contribution in [0.3, 0.4) is 0 Å². The fraction of sp³-hybridized carbons (Fsp3) is 0.462. The van der Waals surface area contributed by atoms with Gasteiger partial charge in [-0.3, -0.25) is 0 Å². The van der Waals surface area contributed by atoms with E-state index < -0.39 is 0 Å². The Kier molecular flexibility index (Phi) is 4.39. The van der Waals surface area contributed by atoms with E-state index in [0.717, 1.165) is 5.76 Å². The largest absolute Gasteiger partial charge is 0.462 e. The van der Waals surface area contributed by atoms with Gasteiger partial charge in [0, 0.05) is 0 Å². The maximum atomic E-state index is 11.9. The summed E-state index contributed by atoms with van der Waals surface area (Å²) in [6, 6.07) is -0.156.